The van der Waals surface area contributed by atoms with Crippen molar-refractivity contribution in [1.82, 2.24) is 19.6 Å². The Bertz CT molecular complexity index is 870. The lowest BCUT2D eigenvalue weighted by Crippen LogP contribution is -2.31. The third kappa shape index (κ3) is 3.56. The van der Waals surface area contributed by atoms with Crippen LogP contribution in [-0.2, 0) is 9.47 Å². The van der Waals surface area contributed by atoms with E-state index >= 15 is 0 Å². The number of fused-ring (bicyclic) bond motifs is 1. The number of hydrogen-bond acceptors (Lipinski definition) is 7. The fourth-order valence-corrected chi connectivity index (χ4v) is 4.66. The SMILES string of the molecule is c1cncc(-c2cn3nc(NCC4COC5(CCCCCC5)O4)sc3n2)c1. The third-order valence-electron chi connectivity index (χ3n) is 5.26. The molecule has 1 atom stereocenters. The fraction of sp³-hybridized carbons (Fsp3) is 0.526. The summed E-state index contributed by atoms with van der Waals surface area (Å²) in [7, 11) is 0. The van der Waals surface area contributed by atoms with E-state index in [-0.39, 0.29) is 11.9 Å². The van der Waals surface area contributed by atoms with Crippen LogP contribution in [0.5, 0.6) is 0 Å². The van der Waals surface area contributed by atoms with Gasteiger partial charge in [0, 0.05) is 37.3 Å². The van der Waals surface area contributed by atoms with Gasteiger partial charge in [-0.2, -0.15) is 0 Å². The van der Waals surface area contributed by atoms with Crippen LogP contribution in [0.1, 0.15) is 38.5 Å². The molecule has 8 heteroatoms. The summed E-state index contributed by atoms with van der Waals surface area (Å²) in [6, 6.07) is 3.91. The van der Waals surface area contributed by atoms with E-state index in [4.69, 9.17) is 9.47 Å². The van der Waals surface area contributed by atoms with Crippen LogP contribution in [0.4, 0.5) is 5.13 Å². The topological polar surface area (TPSA) is 73.6 Å². The third-order valence-corrected chi connectivity index (χ3v) is 6.14. The number of nitrogens with zero attached hydrogens (tertiary/aromatic N) is 4. The van der Waals surface area contributed by atoms with Crippen LogP contribution in [0.25, 0.3) is 16.2 Å². The largest absolute Gasteiger partial charge is 0.357 e. The molecule has 0 aromatic carbocycles. The Morgan fingerprint density at radius 1 is 1.26 bits per heavy atom. The normalized spacial score (nSPS) is 22.3. The van der Waals surface area contributed by atoms with Gasteiger partial charge >= 0.3 is 0 Å². The Kier molecular flexibility index (Phi) is 4.55. The second-order valence-corrected chi connectivity index (χ2v) is 8.21. The Morgan fingerprint density at radius 3 is 2.93 bits per heavy atom. The second kappa shape index (κ2) is 7.18. The van der Waals surface area contributed by atoms with Crippen LogP contribution < -0.4 is 5.32 Å². The van der Waals surface area contributed by atoms with Gasteiger partial charge in [0.05, 0.1) is 18.5 Å². The molecule has 2 aliphatic rings. The number of nitrogens with one attached hydrogen (secondary N) is 1. The molecule has 0 amide bonds. The molecule has 2 fully saturated rings. The number of ether oxygens (including phenoxy) is 2. The van der Waals surface area contributed by atoms with Gasteiger partial charge < -0.3 is 14.8 Å². The molecule has 1 unspecified atom stereocenters. The van der Waals surface area contributed by atoms with E-state index in [0.29, 0.717) is 13.2 Å². The average Bonchev–Trinajstić information content (AvgIpc) is 3.32. The molecule has 27 heavy (non-hydrogen) atoms. The smallest absolute Gasteiger partial charge is 0.214 e. The number of anilines is 1. The number of imidazole rings is 1. The van der Waals surface area contributed by atoms with Gasteiger partial charge in [0.1, 0.15) is 6.10 Å². The Hall–Kier alpha value is -2.03. The van der Waals surface area contributed by atoms with Crippen molar-refractivity contribution < 1.29 is 9.47 Å². The maximum atomic E-state index is 6.29. The summed E-state index contributed by atoms with van der Waals surface area (Å²) in [5.74, 6) is -0.334. The molecule has 3 aromatic rings. The molecule has 1 saturated heterocycles. The van der Waals surface area contributed by atoms with Crippen molar-refractivity contribution in [2.75, 3.05) is 18.5 Å². The van der Waals surface area contributed by atoms with Crippen LogP contribution >= 0.6 is 11.3 Å². The van der Waals surface area contributed by atoms with Crippen molar-refractivity contribution in [3.05, 3.63) is 30.7 Å². The zero-order valence-electron chi connectivity index (χ0n) is 15.1. The molecule has 0 radical (unpaired) electrons. The number of pyridine rings is 1. The molecule has 1 N–H and O–H groups in total. The summed E-state index contributed by atoms with van der Waals surface area (Å²) in [5.41, 5.74) is 1.88. The van der Waals surface area contributed by atoms with Crippen molar-refractivity contribution >= 4 is 21.4 Å². The summed E-state index contributed by atoms with van der Waals surface area (Å²) < 4.78 is 14.2. The summed E-state index contributed by atoms with van der Waals surface area (Å²) in [4.78, 5) is 9.65. The van der Waals surface area contributed by atoms with Gasteiger partial charge in [-0.15, -0.1) is 5.10 Å². The van der Waals surface area contributed by atoms with Gasteiger partial charge in [-0.05, 0) is 25.0 Å². The minimum Gasteiger partial charge on any atom is -0.357 e. The lowest BCUT2D eigenvalue weighted by atomic mass is 10.1. The molecule has 1 aliphatic carbocycles. The maximum Gasteiger partial charge on any atom is 0.214 e. The number of aromatic nitrogens is 4. The van der Waals surface area contributed by atoms with Gasteiger partial charge in [0.15, 0.2) is 5.79 Å². The molecule has 5 rings (SSSR count). The highest BCUT2D eigenvalue weighted by molar-refractivity contribution is 7.20. The first kappa shape index (κ1) is 17.1. The quantitative estimate of drug-likeness (QED) is 0.738. The molecule has 142 valence electrons. The fourth-order valence-electron chi connectivity index (χ4n) is 3.87. The number of hydrogen-bond donors (Lipinski definition) is 1. The lowest BCUT2D eigenvalue weighted by molar-refractivity contribution is -0.174. The minimum atomic E-state index is -0.334. The molecule has 1 aliphatic heterocycles. The van der Waals surface area contributed by atoms with Crippen LogP contribution in [0, 0.1) is 0 Å². The van der Waals surface area contributed by atoms with Crippen LogP contribution in [-0.4, -0.2) is 44.6 Å². The Balaban J connectivity index is 1.22. The molecule has 4 heterocycles. The van der Waals surface area contributed by atoms with Crippen molar-refractivity contribution in [2.45, 2.75) is 50.4 Å². The Labute approximate surface area is 161 Å². The predicted molar refractivity (Wildman–Crippen MR) is 104 cm³/mol. The molecule has 3 aromatic heterocycles. The highest BCUT2D eigenvalue weighted by Gasteiger charge is 2.41. The van der Waals surface area contributed by atoms with Gasteiger partial charge in [-0.1, -0.05) is 24.2 Å². The first-order chi connectivity index (χ1) is 13.3. The van der Waals surface area contributed by atoms with E-state index < -0.39 is 0 Å². The van der Waals surface area contributed by atoms with Gasteiger partial charge in [-0.25, -0.2) is 9.50 Å². The monoisotopic (exact) mass is 385 g/mol. The molecular weight excluding hydrogens is 362 g/mol. The van der Waals surface area contributed by atoms with Crippen molar-refractivity contribution in [2.24, 2.45) is 0 Å². The zero-order valence-corrected chi connectivity index (χ0v) is 16.0. The van der Waals surface area contributed by atoms with Crippen molar-refractivity contribution in [1.29, 1.82) is 0 Å². The molecule has 1 saturated carbocycles. The van der Waals surface area contributed by atoms with Crippen LogP contribution in [0.3, 0.4) is 0 Å². The zero-order chi connectivity index (χ0) is 18.1. The van der Waals surface area contributed by atoms with Gasteiger partial charge in [0.25, 0.3) is 0 Å². The summed E-state index contributed by atoms with van der Waals surface area (Å²) >= 11 is 1.54. The summed E-state index contributed by atoms with van der Waals surface area (Å²) in [5, 5.41) is 8.82. The van der Waals surface area contributed by atoms with E-state index in [2.05, 4.69) is 20.4 Å². The van der Waals surface area contributed by atoms with Crippen molar-refractivity contribution in [3.63, 3.8) is 0 Å². The maximum absolute atomic E-state index is 6.29. The highest BCUT2D eigenvalue weighted by atomic mass is 32.1. The molecule has 7 nitrogen and oxygen atoms in total. The summed E-state index contributed by atoms with van der Waals surface area (Å²) in [6.45, 7) is 1.36. The average molecular weight is 385 g/mol. The second-order valence-electron chi connectivity index (χ2n) is 7.26. The van der Waals surface area contributed by atoms with E-state index in [1.54, 1.807) is 6.20 Å². The standard InChI is InChI=1S/C19H23N5O2S/c1-2-4-8-19(7-3-1)25-13-15(26-19)11-21-17-23-24-12-16(22-18(24)27-17)14-6-5-9-20-10-14/h5-6,9-10,12,15H,1-4,7-8,11,13H2,(H,21,23). The molecular formula is C19H23N5O2S. The van der Waals surface area contributed by atoms with Crippen molar-refractivity contribution in [3.8, 4) is 11.3 Å². The van der Waals surface area contributed by atoms with Crippen LogP contribution in [0.2, 0.25) is 0 Å². The van der Waals surface area contributed by atoms with Crippen LogP contribution in [0.15, 0.2) is 30.7 Å². The molecule has 0 bridgehead atoms. The van der Waals surface area contributed by atoms with E-state index in [1.165, 1.54) is 37.0 Å². The predicted octanol–water partition coefficient (Wildman–Crippen LogP) is 3.73. The first-order valence-electron chi connectivity index (χ1n) is 9.62. The molecule has 1 spiro atoms. The lowest BCUT2D eigenvalue weighted by Gasteiger charge is -2.26. The van der Waals surface area contributed by atoms with E-state index in [1.807, 2.05) is 29.0 Å². The Morgan fingerprint density at radius 2 is 2.15 bits per heavy atom. The number of rotatable bonds is 4. The highest BCUT2D eigenvalue weighted by Crippen LogP contribution is 2.37. The van der Waals surface area contributed by atoms with E-state index in [0.717, 1.165) is 34.2 Å². The van der Waals surface area contributed by atoms with Gasteiger partial charge in [0.2, 0.25) is 10.1 Å². The minimum absolute atomic E-state index is 0.0743. The van der Waals surface area contributed by atoms with Gasteiger partial charge in [-0.3, -0.25) is 4.98 Å². The summed E-state index contributed by atoms with van der Waals surface area (Å²) in [6.07, 6.45) is 12.6. The van der Waals surface area contributed by atoms with E-state index in [9.17, 15) is 0 Å². The first-order valence-corrected chi connectivity index (χ1v) is 10.4.